The molecule has 0 aromatic carbocycles. The number of carbonyl (C=O) groups excluding carboxylic acids is 2. The van der Waals surface area contributed by atoms with Gasteiger partial charge in [0.2, 0.25) is 0 Å². The van der Waals surface area contributed by atoms with E-state index in [1.165, 1.54) is 19.3 Å². The van der Waals surface area contributed by atoms with Gasteiger partial charge >= 0.3 is 5.97 Å². The molecule has 0 aromatic heterocycles. The van der Waals surface area contributed by atoms with Crippen LogP contribution in [0.1, 0.15) is 64.7 Å². The van der Waals surface area contributed by atoms with Gasteiger partial charge in [-0.15, -0.1) is 0 Å². The van der Waals surface area contributed by atoms with E-state index in [2.05, 4.69) is 6.92 Å². The second-order valence-corrected chi connectivity index (χ2v) is 5.80. The van der Waals surface area contributed by atoms with Crippen molar-refractivity contribution in [2.24, 2.45) is 11.8 Å². The number of esters is 1. The number of hydrogen-bond donors (Lipinski definition) is 0. The number of carbonyl (C=O) groups is 2. The Kier molecular flexibility index (Phi) is 4.79. The Hall–Kier alpha value is -0.860. The Morgan fingerprint density at radius 1 is 1.11 bits per heavy atom. The molecule has 2 saturated carbocycles. The van der Waals surface area contributed by atoms with Gasteiger partial charge < -0.3 is 4.74 Å². The van der Waals surface area contributed by atoms with Crippen LogP contribution in [0.25, 0.3) is 0 Å². The molecular weight excluding hydrogens is 228 g/mol. The summed E-state index contributed by atoms with van der Waals surface area (Å²) in [6.45, 7) is 2.22. The second kappa shape index (κ2) is 6.35. The van der Waals surface area contributed by atoms with Crippen LogP contribution in [0.5, 0.6) is 0 Å². The zero-order valence-corrected chi connectivity index (χ0v) is 11.3. The van der Waals surface area contributed by atoms with Crippen molar-refractivity contribution in [3.8, 4) is 0 Å². The highest BCUT2D eigenvalue weighted by Gasteiger charge is 2.29. The topological polar surface area (TPSA) is 43.4 Å². The number of Topliss-reactive ketones (excluding diaryl/α,β-unsaturated/α-hetero) is 1. The second-order valence-electron chi connectivity index (χ2n) is 5.80. The molecule has 0 aromatic rings. The van der Waals surface area contributed by atoms with Gasteiger partial charge in [-0.25, -0.2) is 0 Å². The van der Waals surface area contributed by atoms with E-state index in [0.29, 0.717) is 18.6 Å². The molecule has 0 heterocycles. The Balaban J connectivity index is 1.73. The molecule has 0 spiro atoms. The summed E-state index contributed by atoms with van der Waals surface area (Å²) in [5, 5.41) is 0. The van der Waals surface area contributed by atoms with Gasteiger partial charge in [0.15, 0.2) is 0 Å². The molecule has 2 aliphatic carbocycles. The van der Waals surface area contributed by atoms with Crippen LogP contribution in [0.4, 0.5) is 0 Å². The molecule has 0 N–H and O–H groups in total. The monoisotopic (exact) mass is 252 g/mol. The molecule has 2 rings (SSSR count). The molecule has 18 heavy (non-hydrogen) atoms. The first-order valence-electron chi connectivity index (χ1n) is 7.41. The maximum absolute atomic E-state index is 12.0. The molecule has 3 heteroatoms. The summed E-state index contributed by atoms with van der Waals surface area (Å²) >= 11 is 0. The van der Waals surface area contributed by atoms with Crippen LogP contribution >= 0.6 is 0 Å². The van der Waals surface area contributed by atoms with E-state index in [9.17, 15) is 9.59 Å². The van der Waals surface area contributed by atoms with Gasteiger partial charge in [-0.2, -0.15) is 0 Å². The fraction of sp³-hybridized carbons (Fsp3) is 0.867. The minimum absolute atomic E-state index is 0.000835. The molecule has 0 unspecified atom stereocenters. The van der Waals surface area contributed by atoms with E-state index in [-0.39, 0.29) is 18.0 Å². The first-order chi connectivity index (χ1) is 8.69. The van der Waals surface area contributed by atoms with E-state index in [0.717, 1.165) is 31.6 Å². The molecule has 0 amide bonds. The molecule has 0 saturated heterocycles. The third kappa shape index (κ3) is 3.56. The van der Waals surface area contributed by atoms with Gasteiger partial charge in [-0.1, -0.05) is 13.3 Å². The summed E-state index contributed by atoms with van der Waals surface area (Å²) in [5.41, 5.74) is 0. The van der Waals surface area contributed by atoms with Gasteiger partial charge in [0.1, 0.15) is 11.9 Å². The Morgan fingerprint density at radius 2 is 1.72 bits per heavy atom. The van der Waals surface area contributed by atoms with Crippen LogP contribution in [-0.2, 0) is 14.3 Å². The van der Waals surface area contributed by atoms with Gasteiger partial charge in [0.05, 0.1) is 5.92 Å². The molecule has 2 fully saturated rings. The molecule has 2 aliphatic rings. The van der Waals surface area contributed by atoms with Crippen molar-refractivity contribution < 1.29 is 14.3 Å². The summed E-state index contributed by atoms with van der Waals surface area (Å²) in [4.78, 5) is 23.2. The van der Waals surface area contributed by atoms with Crippen molar-refractivity contribution in [1.82, 2.24) is 0 Å². The molecule has 0 radical (unpaired) electrons. The fourth-order valence-electron chi connectivity index (χ4n) is 3.10. The summed E-state index contributed by atoms with van der Waals surface area (Å²) in [7, 11) is 0. The standard InChI is InChI=1S/C15H24O3/c1-2-11-3-5-12(6-4-11)15(17)18-14-9-7-13(16)8-10-14/h11-12,14H,2-10H2,1H3/t11-,12-. The summed E-state index contributed by atoms with van der Waals surface area (Å²) < 4.78 is 5.56. The third-order valence-corrected chi connectivity index (χ3v) is 4.53. The molecule has 3 nitrogen and oxygen atoms in total. The summed E-state index contributed by atoms with van der Waals surface area (Å²) in [6, 6.07) is 0. The highest BCUT2D eigenvalue weighted by atomic mass is 16.5. The molecule has 0 aliphatic heterocycles. The van der Waals surface area contributed by atoms with Crippen molar-refractivity contribution in [3.63, 3.8) is 0 Å². The first-order valence-corrected chi connectivity index (χ1v) is 7.41. The zero-order valence-electron chi connectivity index (χ0n) is 11.3. The van der Waals surface area contributed by atoms with Gasteiger partial charge in [-0.05, 0) is 44.4 Å². The first kappa shape index (κ1) is 13.6. The number of rotatable bonds is 3. The normalized spacial score (nSPS) is 30.2. The molecule has 0 atom stereocenters. The lowest BCUT2D eigenvalue weighted by atomic mass is 9.81. The van der Waals surface area contributed by atoms with E-state index in [1.54, 1.807) is 0 Å². The quantitative estimate of drug-likeness (QED) is 0.724. The van der Waals surface area contributed by atoms with E-state index in [4.69, 9.17) is 4.74 Å². The van der Waals surface area contributed by atoms with Crippen LogP contribution in [0.15, 0.2) is 0 Å². The van der Waals surface area contributed by atoms with E-state index < -0.39 is 0 Å². The lowest BCUT2D eigenvalue weighted by molar-refractivity contribution is -0.158. The lowest BCUT2D eigenvalue weighted by Crippen LogP contribution is -2.30. The van der Waals surface area contributed by atoms with Crippen molar-refractivity contribution in [3.05, 3.63) is 0 Å². The van der Waals surface area contributed by atoms with Crippen molar-refractivity contribution >= 4 is 11.8 Å². The van der Waals surface area contributed by atoms with Crippen LogP contribution in [0, 0.1) is 11.8 Å². The van der Waals surface area contributed by atoms with Gasteiger partial charge in [-0.3, -0.25) is 9.59 Å². The van der Waals surface area contributed by atoms with Crippen LogP contribution in [0.2, 0.25) is 0 Å². The maximum Gasteiger partial charge on any atom is 0.309 e. The fourth-order valence-corrected chi connectivity index (χ4v) is 3.10. The number of ketones is 1. The predicted molar refractivity (Wildman–Crippen MR) is 69.1 cm³/mol. The molecule has 102 valence electrons. The highest BCUT2D eigenvalue weighted by molar-refractivity contribution is 5.79. The Labute approximate surface area is 109 Å². The maximum atomic E-state index is 12.0. The smallest absolute Gasteiger partial charge is 0.309 e. The Morgan fingerprint density at radius 3 is 2.28 bits per heavy atom. The van der Waals surface area contributed by atoms with Crippen LogP contribution < -0.4 is 0 Å². The number of ether oxygens (including phenoxy) is 1. The molecule has 0 bridgehead atoms. The lowest BCUT2D eigenvalue weighted by Gasteiger charge is -2.29. The predicted octanol–water partition coefficient (Wildman–Crippen LogP) is 3.26. The van der Waals surface area contributed by atoms with Crippen molar-refractivity contribution in [2.75, 3.05) is 0 Å². The molecular formula is C15H24O3. The highest BCUT2D eigenvalue weighted by Crippen LogP contribution is 2.32. The van der Waals surface area contributed by atoms with Gasteiger partial charge in [0, 0.05) is 12.8 Å². The minimum Gasteiger partial charge on any atom is -0.462 e. The largest absolute Gasteiger partial charge is 0.462 e. The van der Waals surface area contributed by atoms with Crippen LogP contribution in [0.3, 0.4) is 0 Å². The zero-order chi connectivity index (χ0) is 13.0. The summed E-state index contributed by atoms with van der Waals surface area (Å²) in [5.74, 6) is 1.22. The van der Waals surface area contributed by atoms with Crippen molar-refractivity contribution in [2.45, 2.75) is 70.8 Å². The average Bonchev–Trinajstić information content (AvgIpc) is 2.41. The number of hydrogen-bond acceptors (Lipinski definition) is 3. The third-order valence-electron chi connectivity index (χ3n) is 4.53. The van der Waals surface area contributed by atoms with E-state index >= 15 is 0 Å². The van der Waals surface area contributed by atoms with Crippen molar-refractivity contribution in [1.29, 1.82) is 0 Å². The minimum atomic E-state index is -0.0103. The average molecular weight is 252 g/mol. The SMILES string of the molecule is CC[C@H]1CC[C@H](C(=O)OC2CCC(=O)CC2)CC1. The Bertz CT molecular complexity index is 293. The van der Waals surface area contributed by atoms with Crippen LogP contribution in [-0.4, -0.2) is 17.9 Å². The van der Waals surface area contributed by atoms with E-state index in [1.807, 2.05) is 0 Å². The van der Waals surface area contributed by atoms with Gasteiger partial charge in [0.25, 0.3) is 0 Å². The summed E-state index contributed by atoms with van der Waals surface area (Å²) in [6.07, 6.45) is 8.17.